The maximum atomic E-state index is 14.3. The summed E-state index contributed by atoms with van der Waals surface area (Å²) in [6.07, 6.45) is 2.78. The van der Waals surface area contributed by atoms with Crippen LogP contribution in [0.1, 0.15) is 94.4 Å². The Kier molecular flexibility index (Phi) is 13.6. The maximum Gasteiger partial charge on any atom is 0.315 e. The Morgan fingerprint density at radius 1 is 0.913 bits per heavy atom. The van der Waals surface area contributed by atoms with Crippen LogP contribution < -0.4 is 21.3 Å². The highest BCUT2D eigenvalue weighted by Gasteiger charge is 2.48. The standard InChI is InChI=1S/C32H58N6O7S/c1-11-12-14-22(25(39)28(41)33-10)34-27(40)24-21(20(2)3)15-17-38(24)29(42)26(32(7,8)9)36-30(43)35-23(31(4,5)6)19-37-16-13-18-46(37,44)45/h20-24,26H,11-19H2,1-10H3,(H,33,41)(H,34,40)(H2,35,36,43)/t21-,22?,23-,24+,26-/m1/s1. The largest absolute Gasteiger partial charge is 0.353 e. The van der Waals surface area contributed by atoms with Crippen molar-refractivity contribution >= 4 is 39.6 Å². The van der Waals surface area contributed by atoms with Gasteiger partial charge >= 0.3 is 6.03 Å². The molecule has 0 aromatic carbocycles. The van der Waals surface area contributed by atoms with Crippen LogP contribution in [0.25, 0.3) is 0 Å². The molecule has 2 rings (SSSR count). The summed E-state index contributed by atoms with van der Waals surface area (Å²) in [5.41, 5.74) is -1.24. The van der Waals surface area contributed by atoms with Gasteiger partial charge in [0, 0.05) is 32.7 Å². The molecule has 2 aliphatic heterocycles. The monoisotopic (exact) mass is 670 g/mol. The van der Waals surface area contributed by atoms with E-state index in [2.05, 4.69) is 21.3 Å². The first-order chi connectivity index (χ1) is 21.1. The molecule has 0 saturated carbocycles. The Hall–Kier alpha value is -2.74. The first kappa shape index (κ1) is 39.4. The number of nitrogens with one attached hydrogen (secondary N) is 4. The predicted octanol–water partition coefficient (Wildman–Crippen LogP) is 2.01. The zero-order valence-electron chi connectivity index (χ0n) is 29.5. The summed E-state index contributed by atoms with van der Waals surface area (Å²) >= 11 is 0. The van der Waals surface area contributed by atoms with Crippen LogP contribution >= 0.6 is 0 Å². The van der Waals surface area contributed by atoms with Crippen LogP contribution in [0.5, 0.6) is 0 Å². The number of amides is 5. The number of carbonyl (C=O) groups is 5. The second kappa shape index (κ2) is 15.9. The van der Waals surface area contributed by atoms with Gasteiger partial charge in [-0.2, -0.15) is 4.31 Å². The van der Waals surface area contributed by atoms with Crippen molar-refractivity contribution in [2.24, 2.45) is 22.7 Å². The molecule has 0 aliphatic carbocycles. The smallest absolute Gasteiger partial charge is 0.315 e. The number of ketones is 1. The van der Waals surface area contributed by atoms with Gasteiger partial charge in [0.25, 0.3) is 5.91 Å². The Bertz CT molecular complexity index is 1220. The number of nitrogens with zero attached hydrogens (tertiary/aromatic N) is 2. The van der Waals surface area contributed by atoms with Crippen LogP contribution in [0.15, 0.2) is 0 Å². The van der Waals surface area contributed by atoms with Gasteiger partial charge in [0.15, 0.2) is 0 Å². The summed E-state index contributed by atoms with van der Waals surface area (Å²) in [7, 11) is -2.02. The number of rotatable bonds is 13. The van der Waals surface area contributed by atoms with Crippen molar-refractivity contribution in [2.45, 2.75) is 119 Å². The van der Waals surface area contributed by atoms with E-state index in [-0.39, 0.29) is 30.7 Å². The molecule has 13 nitrogen and oxygen atoms in total. The maximum absolute atomic E-state index is 14.3. The Balaban J connectivity index is 2.33. The lowest BCUT2D eigenvalue weighted by atomic mass is 9.84. The molecule has 0 spiro atoms. The molecule has 2 saturated heterocycles. The average molecular weight is 671 g/mol. The molecule has 264 valence electrons. The summed E-state index contributed by atoms with van der Waals surface area (Å²) in [6.45, 7) is 17.9. The number of urea groups is 1. The number of unbranched alkanes of at least 4 members (excludes halogenated alkanes) is 1. The molecule has 2 aliphatic rings. The van der Waals surface area contributed by atoms with Gasteiger partial charge < -0.3 is 26.2 Å². The fourth-order valence-electron chi connectivity index (χ4n) is 6.09. The van der Waals surface area contributed by atoms with E-state index >= 15 is 0 Å². The van der Waals surface area contributed by atoms with Gasteiger partial charge in [-0.15, -0.1) is 0 Å². The van der Waals surface area contributed by atoms with Crippen molar-refractivity contribution < 1.29 is 32.4 Å². The van der Waals surface area contributed by atoms with Gasteiger partial charge in [0.1, 0.15) is 12.1 Å². The van der Waals surface area contributed by atoms with Crippen LogP contribution in [-0.2, 0) is 29.2 Å². The molecule has 2 fully saturated rings. The van der Waals surface area contributed by atoms with E-state index in [0.717, 1.165) is 6.42 Å². The van der Waals surface area contributed by atoms with E-state index in [0.29, 0.717) is 32.2 Å². The first-order valence-electron chi connectivity index (χ1n) is 16.6. The molecule has 0 bridgehead atoms. The van der Waals surface area contributed by atoms with Crippen LogP contribution in [0.3, 0.4) is 0 Å². The van der Waals surface area contributed by atoms with Crippen LogP contribution in [0.4, 0.5) is 4.79 Å². The second-order valence-electron chi connectivity index (χ2n) is 15.2. The van der Waals surface area contributed by atoms with E-state index < -0.39 is 74.6 Å². The van der Waals surface area contributed by atoms with Crippen LogP contribution in [-0.4, -0.2) is 104 Å². The third-order valence-corrected chi connectivity index (χ3v) is 11.0. The fraction of sp³-hybridized carbons (Fsp3) is 0.844. The number of Topliss-reactive ketones (excluding diaryl/α,β-unsaturated/α-hetero) is 1. The number of sulfonamides is 1. The topological polar surface area (TPSA) is 174 Å². The number of hydrogen-bond acceptors (Lipinski definition) is 7. The van der Waals surface area contributed by atoms with Crippen molar-refractivity contribution in [3.63, 3.8) is 0 Å². The van der Waals surface area contributed by atoms with Gasteiger partial charge in [-0.3, -0.25) is 19.2 Å². The lowest BCUT2D eigenvalue weighted by molar-refractivity contribution is -0.144. The first-order valence-corrected chi connectivity index (χ1v) is 18.2. The highest BCUT2D eigenvalue weighted by atomic mass is 32.2. The molecule has 0 radical (unpaired) electrons. The predicted molar refractivity (Wildman–Crippen MR) is 177 cm³/mol. The zero-order chi connectivity index (χ0) is 35.2. The average Bonchev–Trinajstić information content (AvgIpc) is 3.54. The second-order valence-corrected chi connectivity index (χ2v) is 17.3. The summed E-state index contributed by atoms with van der Waals surface area (Å²) in [6, 6.07) is -4.08. The Labute approximate surface area is 275 Å². The van der Waals surface area contributed by atoms with Crippen molar-refractivity contribution in [1.29, 1.82) is 0 Å². The van der Waals surface area contributed by atoms with E-state index in [1.54, 1.807) is 0 Å². The van der Waals surface area contributed by atoms with Gasteiger partial charge in [-0.05, 0) is 41.9 Å². The van der Waals surface area contributed by atoms with E-state index in [9.17, 15) is 32.4 Å². The minimum Gasteiger partial charge on any atom is -0.353 e. The third kappa shape index (κ3) is 10.1. The summed E-state index contributed by atoms with van der Waals surface area (Å²) < 4.78 is 26.4. The number of likely N-dealkylation sites (tertiary alicyclic amines) is 1. The SMILES string of the molecule is CCCCC(NC(=O)[C@@H]1[C@@H](C(C)C)CCN1C(=O)[C@@H](NC(=O)N[C@H](CN1CCCS1(=O)=O)C(C)(C)C)C(C)(C)C)C(=O)C(=O)NC. The molecular formula is C32H58N6O7S. The van der Waals surface area contributed by atoms with Crippen molar-refractivity contribution in [2.75, 3.05) is 32.4 Å². The molecule has 5 atom stereocenters. The molecule has 1 unspecified atom stereocenters. The quantitative estimate of drug-likeness (QED) is 0.217. The minimum absolute atomic E-state index is 0.0380. The van der Waals surface area contributed by atoms with Crippen molar-refractivity contribution in [3.05, 3.63) is 0 Å². The lowest BCUT2D eigenvalue weighted by Crippen LogP contribution is -2.62. The van der Waals surface area contributed by atoms with Gasteiger partial charge in [-0.25, -0.2) is 13.2 Å². The molecule has 4 N–H and O–H groups in total. The summed E-state index contributed by atoms with van der Waals surface area (Å²) in [4.78, 5) is 68.2. The van der Waals surface area contributed by atoms with Crippen molar-refractivity contribution in [1.82, 2.24) is 30.5 Å². The number of hydrogen-bond donors (Lipinski definition) is 4. The zero-order valence-corrected chi connectivity index (χ0v) is 30.3. The van der Waals surface area contributed by atoms with Crippen molar-refractivity contribution in [3.8, 4) is 0 Å². The van der Waals surface area contributed by atoms with E-state index in [1.165, 1.54) is 16.3 Å². The molecule has 2 heterocycles. The van der Waals surface area contributed by atoms with E-state index in [4.69, 9.17) is 0 Å². The number of likely N-dealkylation sites (N-methyl/N-ethyl adjacent to an activating group) is 1. The normalized spacial score (nSPS) is 22.2. The summed E-state index contributed by atoms with van der Waals surface area (Å²) in [5, 5.41) is 10.9. The molecule has 46 heavy (non-hydrogen) atoms. The van der Waals surface area contributed by atoms with E-state index in [1.807, 2.05) is 62.3 Å². The molecule has 14 heteroatoms. The van der Waals surface area contributed by atoms with Gasteiger partial charge in [-0.1, -0.05) is 75.2 Å². The Morgan fingerprint density at radius 3 is 2.02 bits per heavy atom. The van der Waals surface area contributed by atoms with Gasteiger partial charge in [0.05, 0.1) is 11.8 Å². The molecule has 5 amide bonds. The lowest BCUT2D eigenvalue weighted by Gasteiger charge is -2.38. The highest BCUT2D eigenvalue weighted by Crippen LogP contribution is 2.33. The molecule has 0 aromatic rings. The fourth-order valence-corrected chi connectivity index (χ4v) is 7.63. The number of carbonyl (C=O) groups excluding carboxylic acids is 5. The molecule has 0 aromatic heterocycles. The van der Waals surface area contributed by atoms with Gasteiger partial charge in [0.2, 0.25) is 27.6 Å². The van der Waals surface area contributed by atoms with Crippen LogP contribution in [0, 0.1) is 22.7 Å². The van der Waals surface area contributed by atoms with Crippen LogP contribution in [0.2, 0.25) is 0 Å². The third-order valence-electron chi connectivity index (χ3n) is 9.11. The Morgan fingerprint density at radius 2 is 1.54 bits per heavy atom. The summed E-state index contributed by atoms with van der Waals surface area (Å²) in [5.74, 6) is -2.54. The highest BCUT2D eigenvalue weighted by molar-refractivity contribution is 7.89. The molecular weight excluding hydrogens is 612 g/mol. The minimum atomic E-state index is -3.38.